The summed E-state index contributed by atoms with van der Waals surface area (Å²) >= 11 is 0. The van der Waals surface area contributed by atoms with Crippen LogP contribution in [0, 0.1) is 0 Å². The van der Waals surface area contributed by atoms with Crippen molar-refractivity contribution >= 4 is 15.2 Å². The average Bonchev–Trinajstić information content (AvgIpc) is 1.59. The van der Waals surface area contributed by atoms with Crippen LogP contribution in [0.5, 0.6) is 0 Å². The summed E-state index contributed by atoms with van der Waals surface area (Å²) in [5, 5.41) is 0. The van der Waals surface area contributed by atoms with Crippen LogP contribution in [0.1, 0.15) is 0 Å². The molecule has 0 radical (unpaired) electrons. The van der Waals surface area contributed by atoms with Gasteiger partial charge in [0.25, 0.3) is 0 Å². The normalized spacial score (nSPS) is 14.1. The molecule has 0 aromatic heterocycles. The molecule has 0 aromatic rings. The Morgan fingerprint density at radius 3 is 1.42 bits per heavy atom. The van der Waals surface area contributed by atoms with Gasteiger partial charge in [-0.05, 0) is 7.60 Å². The Balaban J connectivity index is -0.000000405. The number of rotatable bonds is 2. The molecule has 0 rings (SSSR count). The summed E-state index contributed by atoms with van der Waals surface area (Å²) < 4.78 is 19.8. The van der Waals surface area contributed by atoms with E-state index in [4.69, 9.17) is 9.79 Å². The molecule has 12 heavy (non-hydrogen) atoms. The van der Waals surface area contributed by atoms with Crippen LogP contribution in [0.3, 0.4) is 0 Å². The van der Waals surface area contributed by atoms with Crippen molar-refractivity contribution < 1.29 is 87.8 Å². The van der Waals surface area contributed by atoms with Crippen LogP contribution in [0.15, 0.2) is 0 Å². The van der Waals surface area contributed by atoms with Gasteiger partial charge in [0.2, 0.25) is 0 Å². The maximum absolute atomic E-state index is 9.98. The molecule has 1 atom stereocenters. The zero-order valence-corrected chi connectivity index (χ0v) is 12.4. The third kappa shape index (κ3) is 7.64. The first-order chi connectivity index (χ1) is 4.15. The fourth-order valence-electron chi connectivity index (χ4n) is 0.184. The molecule has 62 valence electrons. The molecule has 0 aliphatic heterocycles. The SMILES string of the molecule is NC(P(=O)([O-])[O-])P(=O)(O)O.[Na+].[Na+]. The van der Waals surface area contributed by atoms with E-state index in [0.29, 0.717) is 0 Å². The molecule has 0 heterocycles. The average molecular weight is 235 g/mol. The molecule has 0 fully saturated rings. The van der Waals surface area contributed by atoms with Gasteiger partial charge in [0, 0.05) is 0 Å². The van der Waals surface area contributed by atoms with Crippen LogP contribution in [0.4, 0.5) is 0 Å². The van der Waals surface area contributed by atoms with Crippen molar-refractivity contribution in [1.29, 1.82) is 0 Å². The van der Waals surface area contributed by atoms with E-state index in [9.17, 15) is 18.9 Å². The molecule has 0 spiro atoms. The minimum atomic E-state index is -5.36. The van der Waals surface area contributed by atoms with Gasteiger partial charge >= 0.3 is 66.7 Å². The summed E-state index contributed by atoms with van der Waals surface area (Å²) in [7, 11) is -10.4. The van der Waals surface area contributed by atoms with E-state index >= 15 is 0 Å². The van der Waals surface area contributed by atoms with Crippen molar-refractivity contribution in [1.82, 2.24) is 0 Å². The molecular formula is CH5NNa2O6P2. The largest absolute Gasteiger partial charge is 1.00 e. The second-order valence-electron chi connectivity index (χ2n) is 1.54. The van der Waals surface area contributed by atoms with Crippen LogP contribution >= 0.6 is 15.2 Å². The van der Waals surface area contributed by atoms with Crippen LogP contribution in [0.2, 0.25) is 0 Å². The van der Waals surface area contributed by atoms with E-state index in [2.05, 4.69) is 5.73 Å². The van der Waals surface area contributed by atoms with Crippen molar-refractivity contribution in [3.8, 4) is 0 Å². The Morgan fingerprint density at radius 2 is 1.42 bits per heavy atom. The summed E-state index contributed by atoms with van der Waals surface area (Å²) in [5.74, 6) is 0. The Bertz CT molecular complexity index is 186. The van der Waals surface area contributed by atoms with E-state index in [1.165, 1.54) is 0 Å². The van der Waals surface area contributed by atoms with Crippen LogP contribution < -0.4 is 74.6 Å². The molecule has 0 amide bonds. The van der Waals surface area contributed by atoms with E-state index in [1.807, 2.05) is 0 Å². The molecule has 11 heteroatoms. The van der Waals surface area contributed by atoms with Gasteiger partial charge in [0.15, 0.2) is 0 Å². The van der Waals surface area contributed by atoms with Crippen molar-refractivity contribution in [2.45, 2.75) is 5.52 Å². The zero-order valence-electron chi connectivity index (χ0n) is 6.58. The number of hydrogen-bond acceptors (Lipinski definition) is 5. The van der Waals surface area contributed by atoms with Crippen molar-refractivity contribution in [2.24, 2.45) is 5.73 Å². The fourth-order valence-corrected chi connectivity index (χ4v) is 1.66. The zero-order chi connectivity index (χ0) is 8.58. The maximum atomic E-state index is 9.98. The van der Waals surface area contributed by atoms with Gasteiger partial charge in [0.05, 0.1) is 0 Å². The Hall–Kier alpha value is 2.26. The van der Waals surface area contributed by atoms with E-state index in [0.717, 1.165) is 0 Å². The topological polar surface area (TPSA) is 147 Å². The third-order valence-electron chi connectivity index (χ3n) is 0.669. The first-order valence-electron chi connectivity index (χ1n) is 1.98. The van der Waals surface area contributed by atoms with E-state index in [1.54, 1.807) is 0 Å². The summed E-state index contributed by atoms with van der Waals surface area (Å²) in [6.45, 7) is 0. The third-order valence-corrected chi connectivity index (χ3v) is 3.76. The fraction of sp³-hybridized carbons (Fsp3) is 1.00. The minimum absolute atomic E-state index is 0. The van der Waals surface area contributed by atoms with Crippen LogP contribution in [0.25, 0.3) is 0 Å². The summed E-state index contributed by atoms with van der Waals surface area (Å²) in [6, 6.07) is 0. The number of hydrogen-bond donors (Lipinski definition) is 3. The Kier molecular flexibility index (Phi) is 11.0. The van der Waals surface area contributed by atoms with Gasteiger partial charge in [-0.2, -0.15) is 0 Å². The van der Waals surface area contributed by atoms with Gasteiger partial charge in [0.1, 0.15) is 5.52 Å². The minimum Gasteiger partial charge on any atom is -0.809 e. The van der Waals surface area contributed by atoms with Crippen molar-refractivity contribution in [3.63, 3.8) is 0 Å². The Morgan fingerprint density at radius 1 is 1.17 bits per heavy atom. The van der Waals surface area contributed by atoms with Gasteiger partial charge in [-0.25, -0.2) is 0 Å². The molecule has 0 aliphatic rings. The van der Waals surface area contributed by atoms with Gasteiger partial charge in [-0.3, -0.25) is 4.57 Å². The van der Waals surface area contributed by atoms with E-state index < -0.39 is 20.7 Å². The molecular weight excluding hydrogens is 230 g/mol. The predicted octanol–water partition coefficient (Wildman–Crippen LogP) is -8.67. The second-order valence-corrected chi connectivity index (χ2v) is 5.32. The second kappa shape index (κ2) is 6.69. The summed E-state index contributed by atoms with van der Waals surface area (Å²) in [5.41, 5.74) is 1.75. The molecule has 0 aliphatic carbocycles. The monoisotopic (exact) mass is 235 g/mol. The van der Waals surface area contributed by atoms with Crippen molar-refractivity contribution in [2.75, 3.05) is 0 Å². The molecule has 0 saturated heterocycles. The Labute approximate surface area is 113 Å². The van der Waals surface area contributed by atoms with Crippen molar-refractivity contribution in [3.05, 3.63) is 0 Å². The van der Waals surface area contributed by atoms with Gasteiger partial charge in [-0.15, -0.1) is 0 Å². The number of nitrogens with two attached hydrogens (primary N) is 1. The first-order valence-corrected chi connectivity index (χ1v) is 5.27. The first kappa shape index (κ1) is 19.8. The molecule has 4 N–H and O–H groups in total. The predicted molar refractivity (Wildman–Crippen MR) is 27.6 cm³/mol. The molecule has 7 nitrogen and oxygen atoms in total. The van der Waals surface area contributed by atoms with Crippen LogP contribution in [-0.4, -0.2) is 15.3 Å². The quantitative estimate of drug-likeness (QED) is 0.318. The molecule has 0 bridgehead atoms. The molecule has 0 saturated carbocycles. The smallest absolute Gasteiger partial charge is 0.809 e. The standard InChI is InChI=1S/CH7NO6P2.2Na/c2-1(9(3,4)5)10(6,7)8;;/h1H,2H2,(H2,3,4,5)(H2,6,7,8);;/q;2*+1/p-2. The van der Waals surface area contributed by atoms with Gasteiger partial charge < -0.3 is 29.9 Å². The van der Waals surface area contributed by atoms with Gasteiger partial charge in [-0.1, -0.05) is 0 Å². The molecule has 0 aromatic carbocycles. The van der Waals surface area contributed by atoms with E-state index in [-0.39, 0.29) is 59.1 Å². The van der Waals surface area contributed by atoms with Crippen LogP contribution in [-0.2, 0) is 9.13 Å². The summed E-state index contributed by atoms with van der Waals surface area (Å²) in [4.78, 5) is 35.7. The summed E-state index contributed by atoms with van der Waals surface area (Å²) in [6.07, 6.45) is 0. The maximum Gasteiger partial charge on any atom is 1.00 e. The molecule has 1 unspecified atom stereocenters.